The summed E-state index contributed by atoms with van der Waals surface area (Å²) < 4.78 is 45.2. The molecule has 1 aliphatic rings. The number of carboxylic acids is 1. The highest BCUT2D eigenvalue weighted by Crippen LogP contribution is 2.40. The fraction of sp³-hybridized carbons (Fsp3) is 0.200. The maximum absolute atomic E-state index is 13.3. The molecule has 0 amide bonds. The summed E-state index contributed by atoms with van der Waals surface area (Å²) in [7, 11) is 0. The second-order valence-corrected chi connectivity index (χ2v) is 7.48. The van der Waals surface area contributed by atoms with Crippen LogP contribution in [0.25, 0.3) is 6.08 Å². The minimum Gasteiger partial charge on any atom is -0.478 e. The van der Waals surface area contributed by atoms with E-state index < -0.39 is 29.6 Å². The summed E-state index contributed by atoms with van der Waals surface area (Å²) in [6.07, 6.45) is -1.24. The van der Waals surface area contributed by atoms with Gasteiger partial charge in [-0.1, -0.05) is 54.6 Å². The first-order chi connectivity index (χ1) is 15.6. The molecule has 0 saturated carbocycles. The molecule has 0 bridgehead atoms. The Morgan fingerprint density at radius 3 is 2.33 bits per heavy atom. The van der Waals surface area contributed by atoms with Gasteiger partial charge in [0.25, 0.3) is 0 Å². The number of carbonyl (C=O) groups is 2. The molecule has 172 valence electrons. The smallest absolute Gasteiger partial charge is 0.416 e. The number of alkyl halides is 3. The molecular weight excluding hydrogens is 435 g/mol. The summed E-state index contributed by atoms with van der Waals surface area (Å²) in [6, 6.07) is 13.6. The first-order valence-electron chi connectivity index (χ1n) is 10.1. The van der Waals surface area contributed by atoms with Crippen LogP contribution < -0.4 is 5.32 Å². The Hall–Kier alpha value is -3.81. The van der Waals surface area contributed by atoms with Crippen LogP contribution in [0, 0.1) is 0 Å². The first-order valence-corrected chi connectivity index (χ1v) is 10.1. The van der Waals surface area contributed by atoms with Crippen LogP contribution in [0.2, 0.25) is 0 Å². The van der Waals surface area contributed by atoms with Gasteiger partial charge in [-0.3, -0.25) is 0 Å². The largest absolute Gasteiger partial charge is 0.478 e. The van der Waals surface area contributed by atoms with Crippen molar-refractivity contribution in [3.63, 3.8) is 0 Å². The molecule has 0 fully saturated rings. The lowest BCUT2D eigenvalue weighted by atomic mass is 9.80. The van der Waals surface area contributed by atoms with Crippen LogP contribution in [0.4, 0.5) is 13.2 Å². The molecule has 0 radical (unpaired) electrons. The van der Waals surface area contributed by atoms with Gasteiger partial charge in [-0.15, -0.1) is 0 Å². The quantitative estimate of drug-likeness (QED) is 0.577. The third-order valence-corrected chi connectivity index (χ3v) is 5.18. The van der Waals surface area contributed by atoms with Gasteiger partial charge in [0.1, 0.15) is 6.61 Å². The molecule has 3 rings (SSSR count). The third kappa shape index (κ3) is 5.52. The maximum Gasteiger partial charge on any atom is 0.416 e. The summed E-state index contributed by atoms with van der Waals surface area (Å²) in [5.74, 6) is -3.38. The standard InChI is InChI=1S/C25H22F3NO4/c1-15-20(23(30)31)22(18-11-6-12-19(14-18)25(26,27)28)21(16(2)29-15)24(32)33-13-7-10-17-8-4-3-5-9-17/h3-12,14,22,29H,13H2,1-2H3,(H,30,31)/b10-7+. The molecule has 2 aromatic rings. The molecule has 1 heterocycles. The molecule has 0 saturated heterocycles. The molecule has 5 nitrogen and oxygen atoms in total. The van der Waals surface area contributed by atoms with Crippen molar-refractivity contribution in [3.8, 4) is 0 Å². The highest BCUT2D eigenvalue weighted by molar-refractivity contribution is 5.99. The molecule has 0 aromatic heterocycles. The van der Waals surface area contributed by atoms with Crippen molar-refractivity contribution >= 4 is 18.0 Å². The second-order valence-electron chi connectivity index (χ2n) is 7.48. The van der Waals surface area contributed by atoms with Gasteiger partial charge in [-0.2, -0.15) is 13.2 Å². The van der Waals surface area contributed by atoms with E-state index >= 15 is 0 Å². The van der Waals surface area contributed by atoms with Gasteiger partial charge >= 0.3 is 18.1 Å². The first kappa shape index (κ1) is 23.8. The molecule has 1 atom stereocenters. The molecule has 8 heteroatoms. The third-order valence-electron chi connectivity index (χ3n) is 5.18. The van der Waals surface area contributed by atoms with Crippen molar-refractivity contribution < 1.29 is 32.6 Å². The van der Waals surface area contributed by atoms with Crippen molar-refractivity contribution in [2.24, 2.45) is 0 Å². The van der Waals surface area contributed by atoms with Gasteiger partial charge in [0.2, 0.25) is 0 Å². The SMILES string of the molecule is CC1=C(C(=O)O)C(c2cccc(C(F)(F)F)c2)C(C(=O)OC/C=C/c2ccccc2)=C(C)N1. The maximum atomic E-state index is 13.3. The lowest BCUT2D eigenvalue weighted by Gasteiger charge is -2.30. The molecule has 1 unspecified atom stereocenters. The van der Waals surface area contributed by atoms with Gasteiger partial charge in [-0.25, -0.2) is 9.59 Å². The number of rotatable bonds is 6. The molecular formula is C25H22F3NO4. The minimum atomic E-state index is -4.62. The minimum absolute atomic E-state index is 0.0363. The average molecular weight is 457 g/mol. The molecule has 33 heavy (non-hydrogen) atoms. The van der Waals surface area contributed by atoms with Crippen molar-refractivity contribution in [2.45, 2.75) is 25.9 Å². The number of aliphatic carboxylic acids is 1. The summed E-state index contributed by atoms with van der Waals surface area (Å²) >= 11 is 0. The van der Waals surface area contributed by atoms with E-state index in [1.165, 1.54) is 19.1 Å². The Kier molecular flexibility index (Phi) is 7.06. The Balaban J connectivity index is 1.94. The van der Waals surface area contributed by atoms with Crippen molar-refractivity contribution in [1.29, 1.82) is 0 Å². The number of ether oxygens (including phenoxy) is 1. The predicted molar refractivity (Wildman–Crippen MR) is 117 cm³/mol. The van der Waals surface area contributed by atoms with Crippen LogP contribution in [0.5, 0.6) is 0 Å². The molecule has 1 aliphatic heterocycles. The zero-order valence-electron chi connectivity index (χ0n) is 17.9. The second kappa shape index (κ2) is 9.77. The lowest BCUT2D eigenvalue weighted by Crippen LogP contribution is -2.32. The predicted octanol–water partition coefficient (Wildman–Crippen LogP) is 5.28. The van der Waals surface area contributed by atoms with E-state index in [1.54, 1.807) is 19.1 Å². The van der Waals surface area contributed by atoms with E-state index in [1.807, 2.05) is 30.3 Å². The Bertz CT molecular complexity index is 1150. The number of nitrogens with one attached hydrogen (secondary N) is 1. The summed E-state index contributed by atoms with van der Waals surface area (Å²) in [4.78, 5) is 25.0. The van der Waals surface area contributed by atoms with Crippen LogP contribution in [0.3, 0.4) is 0 Å². The number of halogens is 3. The van der Waals surface area contributed by atoms with Crippen molar-refractivity contribution in [2.75, 3.05) is 6.61 Å². The van der Waals surface area contributed by atoms with Gasteiger partial charge in [0.05, 0.1) is 22.6 Å². The molecule has 0 spiro atoms. The summed E-state index contributed by atoms with van der Waals surface area (Å²) in [5, 5.41) is 12.6. The number of esters is 1. The van der Waals surface area contributed by atoms with Crippen LogP contribution >= 0.6 is 0 Å². The van der Waals surface area contributed by atoms with Crippen LogP contribution in [-0.2, 0) is 20.5 Å². The van der Waals surface area contributed by atoms with Gasteiger partial charge in [-0.05, 0) is 37.1 Å². The monoisotopic (exact) mass is 457 g/mol. The highest BCUT2D eigenvalue weighted by atomic mass is 19.4. The van der Waals surface area contributed by atoms with Gasteiger partial charge in [0, 0.05) is 11.4 Å². The topological polar surface area (TPSA) is 75.6 Å². The van der Waals surface area contributed by atoms with Crippen LogP contribution in [0.15, 0.2) is 83.2 Å². The lowest BCUT2D eigenvalue weighted by molar-refractivity contribution is -0.138. The number of dihydropyridines is 1. The number of hydrogen-bond donors (Lipinski definition) is 2. The number of carbonyl (C=O) groups excluding carboxylic acids is 1. The zero-order valence-corrected chi connectivity index (χ0v) is 17.9. The molecule has 2 aromatic carbocycles. The zero-order chi connectivity index (χ0) is 24.2. The van der Waals surface area contributed by atoms with E-state index in [4.69, 9.17) is 4.74 Å². The molecule has 0 aliphatic carbocycles. The van der Waals surface area contributed by atoms with E-state index in [0.717, 1.165) is 17.7 Å². The Labute approximate surface area is 188 Å². The summed E-state index contributed by atoms with van der Waals surface area (Å²) in [6.45, 7) is 2.96. The molecule has 2 N–H and O–H groups in total. The van der Waals surface area contributed by atoms with Gasteiger partial charge in [0.15, 0.2) is 0 Å². The van der Waals surface area contributed by atoms with E-state index in [0.29, 0.717) is 5.70 Å². The fourth-order valence-corrected chi connectivity index (χ4v) is 3.73. The van der Waals surface area contributed by atoms with E-state index in [2.05, 4.69) is 5.32 Å². The number of benzene rings is 2. The summed E-state index contributed by atoms with van der Waals surface area (Å²) in [5.41, 5.74) is 0.292. The number of hydrogen-bond acceptors (Lipinski definition) is 4. The van der Waals surface area contributed by atoms with Crippen LogP contribution in [-0.4, -0.2) is 23.7 Å². The van der Waals surface area contributed by atoms with Crippen molar-refractivity contribution in [3.05, 3.63) is 99.9 Å². The number of carboxylic acid groups (broad SMARTS) is 1. The fourth-order valence-electron chi connectivity index (χ4n) is 3.73. The van der Waals surface area contributed by atoms with Crippen molar-refractivity contribution in [1.82, 2.24) is 5.32 Å². The van der Waals surface area contributed by atoms with E-state index in [-0.39, 0.29) is 29.0 Å². The van der Waals surface area contributed by atoms with Gasteiger partial charge < -0.3 is 15.2 Å². The van der Waals surface area contributed by atoms with E-state index in [9.17, 15) is 27.9 Å². The average Bonchev–Trinajstić information content (AvgIpc) is 2.76. The Morgan fingerprint density at radius 2 is 1.70 bits per heavy atom. The Morgan fingerprint density at radius 1 is 1.03 bits per heavy atom. The highest BCUT2D eigenvalue weighted by Gasteiger charge is 2.38. The number of allylic oxidation sites excluding steroid dienone is 2. The van der Waals surface area contributed by atoms with Crippen LogP contribution in [0.1, 0.15) is 36.5 Å². The normalized spacial score (nSPS) is 16.7.